The predicted molar refractivity (Wildman–Crippen MR) is 120 cm³/mol. The van der Waals surface area contributed by atoms with Crippen molar-refractivity contribution in [3.05, 3.63) is 106 Å². The van der Waals surface area contributed by atoms with Crippen molar-refractivity contribution in [1.29, 1.82) is 0 Å². The van der Waals surface area contributed by atoms with E-state index in [1.807, 2.05) is 36.4 Å². The van der Waals surface area contributed by atoms with Crippen LogP contribution in [-0.4, -0.2) is 23.9 Å². The molecule has 3 aromatic carbocycles. The zero-order valence-electron chi connectivity index (χ0n) is 18.2. The molecule has 1 amide bonds. The Morgan fingerprint density at radius 3 is 1.94 bits per heavy atom. The number of amides is 1. The predicted octanol–water partition coefficient (Wildman–Crippen LogP) is 7.79. The van der Waals surface area contributed by atoms with Crippen LogP contribution in [-0.2, 0) is 12.4 Å². The van der Waals surface area contributed by atoms with Gasteiger partial charge in [-0.15, -0.1) is 0 Å². The molecule has 3 aromatic rings. The minimum atomic E-state index is -5.03. The van der Waals surface area contributed by atoms with Crippen LogP contribution in [0.4, 0.5) is 26.3 Å². The first kappa shape index (κ1) is 25.1. The minimum Gasteiger partial charge on any atom is -0.338 e. The molecular formula is C26H20ClF6NO. The Morgan fingerprint density at radius 2 is 1.37 bits per heavy atom. The van der Waals surface area contributed by atoms with Crippen LogP contribution in [0, 0.1) is 0 Å². The van der Waals surface area contributed by atoms with Crippen molar-refractivity contribution in [3.8, 4) is 0 Å². The Morgan fingerprint density at radius 1 is 0.771 bits per heavy atom. The molecule has 1 saturated heterocycles. The second-order valence-electron chi connectivity index (χ2n) is 8.51. The molecule has 2 nitrogen and oxygen atoms in total. The number of likely N-dealkylation sites (tertiary alicyclic amines) is 1. The SMILES string of the molecule is O=C(c1cc(C(F)(F)F)cc(C(F)(F)F)c1)N1CC[C@H](c2ccccc2)[C@H](c2cccc(Cl)c2)C1. The molecule has 0 spiro atoms. The van der Waals surface area contributed by atoms with Crippen molar-refractivity contribution < 1.29 is 31.1 Å². The highest BCUT2D eigenvalue weighted by Crippen LogP contribution is 2.41. The molecule has 1 aliphatic rings. The van der Waals surface area contributed by atoms with E-state index in [9.17, 15) is 31.1 Å². The number of hydrogen-bond donors (Lipinski definition) is 0. The van der Waals surface area contributed by atoms with Gasteiger partial charge in [-0.25, -0.2) is 0 Å². The van der Waals surface area contributed by atoms with Crippen LogP contribution in [0.25, 0.3) is 0 Å². The lowest BCUT2D eigenvalue weighted by Crippen LogP contribution is -2.42. The normalized spacial score (nSPS) is 19.0. The van der Waals surface area contributed by atoms with Crippen LogP contribution in [0.1, 0.15) is 50.9 Å². The molecule has 1 aliphatic heterocycles. The van der Waals surface area contributed by atoms with Crippen molar-refractivity contribution in [2.24, 2.45) is 0 Å². The van der Waals surface area contributed by atoms with Gasteiger partial charge in [-0.05, 0) is 53.8 Å². The third-order valence-corrected chi connectivity index (χ3v) is 6.47. The van der Waals surface area contributed by atoms with Gasteiger partial charge in [-0.1, -0.05) is 54.1 Å². The standard InChI is InChI=1S/C26H20ClF6NO/c27-21-8-4-7-17(13-21)23-15-34(10-9-22(23)16-5-2-1-3-6-16)24(35)18-11-19(25(28,29)30)14-20(12-18)26(31,32)33/h1-8,11-14,22-23H,9-10,15H2/t22-,23+/m1/s1. The van der Waals surface area contributed by atoms with E-state index in [-0.39, 0.29) is 31.0 Å². The first-order valence-corrected chi connectivity index (χ1v) is 11.2. The first-order chi connectivity index (χ1) is 16.4. The quantitative estimate of drug-likeness (QED) is 0.329. The fourth-order valence-electron chi connectivity index (χ4n) is 4.57. The number of hydrogen-bond acceptors (Lipinski definition) is 1. The second kappa shape index (κ2) is 9.57. The fourth-order valence-corrected chi connectivity index (χ4v) is 4.77. The minimum absolute atomic E-state index is 0.00837. The van der Waals surface area contributed by atoms with E-state index < -0.39 is 35.0 Å². The lowest BCUT2D eigenvalue weighted by Gasteiger charge is -2.39. The summed E-state index contributed by atoms with van der Waals surface area (Å²) in [5.74, 6) is -1.13. The first-order valence-electron chi connectivity index (χ1n) is 10.8. The van der Waals surface area contributed by atoms with Crippen molar-refractivity contribution in [1.82, 2.24) is 4.90 Å². The molecule has 1 fully saturated rings. The lowest BCUT2D eigenvalue weighted by molar-refractivity contribution is -0.143. The molecule has 2 atom stereocenters. The molecule has 0 bridgehead atoms. The van der Waals surface area contributed by atoms with Crippen LogP contribution in [0.3, 0.4) is 0 Å². The maximum atomic E-state index is 13.3. The summed E-state index contributed by atoms with van der Waals surface area (Å²) >= 11 is 6.18. The van der Waals surface area contributed by atoms with Crippen molar-refractivity contribution in [2.45, 2.75) is 30.6 Å². The van der Waals surface area contributed by atoms with Crippen LogP contribution in [0.15, 0.2) is 72.8 Å². The summed E-state index contributed by atoms with van der Waals surface area (Å²) in [5, 5.41) is 0.491. The zero-order valence-corrected chi connectivity index (χ0v) is 19.0. The summed E-state index contributed by atoms with van der Waals surface area (Å²) in [6.45, 7) is 0.309. The highest BCUT2D eigenvalue weighted by molar-refractivity contribution is 6.30. The molecular weight excluding hydrogens is 492 g/mol. The molecule has 0 radical (unpaired) electrons. The summed E-state index contributed by atoms with van der Waals surface area (Å²) in [4.78, 5) is 14.5. The van der Waals surface area contributed by atoms with Gasteiger partial charge in [0.1, 0.15) is 0 Å². The van der Waals surface area contributed by atoms with Gasteiger partial charge < -0.3 is 4.90 Å². The molecule has 35 heavy (non-hydrogen) atoms. The van der Waals surface area contributed by atoms with Gasteiger partial charge in [-0.3, -0.25) is 4.79 Å². The van der Waals surface area contributed by atoms with Gasteiger partial charge in [0.2, 0.25) is 0 Å². The molecule has 0 unspecified atom stereocenters. The van der Waals surface area contributed by atoms with E-state index in [4.69, 9.17) is 11.6 Å². The molecule has 184 valence electrons. The van der Waals surface area contributed by atoms with Crippen LogP contribution >= 0.6 is 11.6 Å². The maximum absolute atomic E-state index is 13.3. The highest BCUT2D eigenvalue weighted by atomic mass is 35.5. The summed E-state index contributed by atoms with van der Waals surface area (Å²) in [6.07, 6.45) is -9.57. The third kappa shape index (κ3) is 5.64. The molecule has 1 heterocycles. The number of carbonyl (C=O) groups is 1. The number of nitrogens with zero attached hydrogens (tertiary/aromatic N) is 1. The fraction of sp³-hybridized carbons (Fsp3) is 0.269. The number of alkyl halides is 6. The Labute approximate surface area is 203 Å². The Kier molecular flexibility index (Phi) is 6.86. The second-order valence-corrected chi connectivity index (χ2v) is 8.95. The van der Waals surface area contributed by atoms with E-state index in [1.165, 1.54) is 4.90 Å². The van der Waals surface area contributed by atoms with Crippen molar-refractivity contribution in [2.75, 3.05) is 13.1 Å². The maximum Gasteiger partial charge on any atom is 0.416 e. The smallest absolute Gasteiger partial charge is 0.338 e. The van der Waals surface area contributed by atoms with Crippen LogP contribution in [0.2, 0.25) is 5.02 Å². The molecule has 0 N–H and O–H groups in total. The van der Waals surface area contributed by atoms with E-state index >= 15 is 0 Å². The van der Waals surface area contributed by atoms with Gasteiger partial charge in [0.25, 0.3) is 5.91 Å². The highest BCUT2D eigenvalue weighted by Gasteiger charge is 2.39. The average Bonchev–Trinajstić information content (AvgIpc) is 2.82. The van der Waals surface area contributed by atoms with E-state index in [2.05, 4.69) is 0 Å². The molecule has 4 rings (SSSR count). The van der Waals surface area contributed by atoms with Crippen molar-refractivity contribution >= 4 is 17.5 Å². The van der Waals surface area contributed by atoms with Gasteiger partial charge in [0, 0.05) is 29.6 Å². The van der Waals surface area contributed by atoms with Gasteiger partial charge in [0.05, 0.1) is 11.1 Å². The number of halogens is 7. The molecule has 0 saturated carbocycles. The van der Waals surface area contributed by atoms with Crippen molar-refractivity contribution in [3.63, 3.8) is 0 Å². The van der Waals surface area contributed by atoms with Gasteiger partial charge >= 0.3 is 12.4 Å². The summed E-state index contributed by atoms with van der Waals surface area (Å²) in [6, 6.07) is 17.7. The largest absolute Gasteiger partial charge is 0.416 e. The number of rotatable bonds is 3. The third-order valence-electron chi connectivity index (χ3n) is 6.24. The van der Waals surface area contributed by atoms with E-state index in [0.717, 1.165) is 11.1 Å². The summed E-state index contributed by atoms with van der Waals surface area (Å²) in [7, 11) is 0. The average molecular weight is 512 g/mol. The number of benzene rings is 3. The van der Waals surface area contributed by atoms with Gasteiger partial charge in [0.15, 0.2) is 0 Å². The summed E-state index contributed by atoms with van der Waals surface area (Å²) in [5.41, 5.74) is -1.80. The van der Waals surface area contributed by atoms with E-state index in [1.54, 1.807) is 18.2 Å². The van der Waals surface area contributed by atoms with Gasteiger partial charge in [-0.2, -0.15) is 26.3 Å². The monoisotopic (exact) mass is 511 g/mol. The molecule has 0 aromatic heterocycles. The molecule has 0 aliphatic carbocycles. The summed E-state index contributed by atoms with van der Waals surface area (Å²) < 4.78 is 79.8. The van der Waals surface area contributed by atoms with Crippen LogP contribution in [0.5, 0.6) is 0 Å². The number of piperidine rings is 1. The topological polar surface area (TPSA) is 20.3 Å². The molecule has 9 heteroatoms. The Balaban J connectivity index is 1.70. The van der Waals surface area contributed by atoms with Crippen LogP contribution < -0.4 is 0 Å². The number of carbonyl (C=O) groups excluding carboxylic acids is 1. The van der Waals surface area contributed by atoms with E-state index in [0.29, 0.717) is 23.6 Å². The lowest BCUT2D eigenvalue weighted by atomic mass is 9.76. The Bertz CT molecular complexity index is 1180. The zero-order chi connectivity index (χ0) is 25.4. The Hall–Kier alpha value is -3.00.